The first-order valence-electron chi connectivity index (χ1n) is 6.58. The zero-order valence-corrected chi connectivity index (χ0v) is 13.3. The lowest BCUT2D eigenvalue weighted by atomic mass is 9.84. The Morgan fingerprint density at radius 2 is 1.30 bits per heavy atom. The normalized spacial score (nSPS) is 11.5. The zero-order chi connectivity index (χ0) is 17.0. The van der Waals surface area contributed by atoms with E-state index in [2.05, 4.69) is 0 Å². The first kappa shape index (κ1) is 17.1. The third-order valence-electron chi connectivity index (χ3n) is 3.27. The molecule has 0 aliphatic carbocycles. The van der Waals surface area contributed by atoms with Gasteiger partial charge in [0.15, 0.2) is 0 Å². The lowest BCUT2D eigenvalue weighted by molar-refractivity contribution is -0.135. The topological polar surface area (TPSA) is 74.6 Å². The molecule has 23 heavy (non-hydrogen) atoms. The Labute approximate surface area is 142 Å². The van der Waals surface area contributed by atoms with Crippen molar-refractivity contribution in [1.29, 1.82) is 0 Å². The molecule has 0 saturated heterocycles. The Morgan fingerprint density at radius 1 is 0.870 bits per heavy atom. The van der Waals surface area contributed by atoms with Crippen LogP contribution in [0.4, 0.5) is 0 Å². The van der Waals surface area contributed by atoms with E-state index in [4.69, 9.17) is 28.3 Å². The maximum Gasteiger partial charge on any atom is 0.332 e. The quantitative estimate of drug-likeness (QED) is 0.791. The minimum absolute atomic E-state index is 0.321. The van der Waals surface area contributed by atoms with Crippen molar-refractivity contribution in [3.05, 3.63) is 81.4 Å². The molecular weight excluding hydrogens is 339 g/mol. The number of hydrogen-bond acceptors (Lipinski definition) is 2. The lowest BCUT2D eigenvalue weighted by Gasteiger charge is -2.21. The summed E-state index contributed by atoms with van der Waals surface area (Å²) in [4.78, 5) is 22.7. The summed E-state index contributed by atoms with van der Waals surface area (Å²) in [7, 11) is 0. The van der Waals surface area contributed by atoms with Crippen LogP contribution in [-0.4, -0.2) is 22.2 Å². The molecule has 0 atom stereocenters. The van der Waals surface area contributed by atoms with Crippen molar-refractivity contribution in [3.63, 3.8) is 0 Å². The molecule has 0 fully saturated rings. The molecule has 2 rings (SSSR count). The molecule has 0 spiro atoms. The summed E-state index contributed by atoms with van der Waals surface area (Å²) >= 11 is 12.4. The molecule has 0 aromatic heterocycles. The van der Waals surface area contributed by atoms with Gasteiger partial charge in [0.2, 0.25) is 0 Å². The highest BCUT2D eigenvalue weighted by Gasteiger charge is 2.28. The summed E-state index contributed by atoms with van der Waals surface area (Å²) in [5, 5.41) is 19.1. The van der Waals surface area contributed by atoms with Crippen molar-refractivity contribution in [2.24, 2.45) is 0 Å². The molecule has 2 N–H and O–H groups in total. The number of benzene rings is 2. The summed E-state index contributed by atoms with van der Waals surface area (Å²) in [5.74, 6) is -3.60. The van der Waals surface area contributed by atoms with Gasteiger partial charge in [-0.3, -0.25) is 0 Å². The molecule has 2 aromatic rings. The van der Waals surface area contributed by atoms with Gasteiger partial charge in [-0.1, -0.05) is 59.6 Å². The van der Waals surface area contributed by atoms with Crippen molar-refractivity contribution < 1.29 is 19.8 Å². The number of rotatable bonds is 5. The van der Waals surface area contributed by atoms with Crippen molar-refractivity contribution in [1.82, 2.24) is 0 Å². The van der Waals surface area contributed by atoms with Gasteiger partial charge in [-0.25, -0.2) is 9.59 Å². The van der Waals surface area contributed by atoms with Gasteiger partial charge in [0.05, 0.1) is 5.57 Å². The van der Waals surface area contributed by atoms with Crippen LogP contribution in [-0.2, 0) is 9.59 Å². The van der Waals surface area contributed by atoms with Crippen LogP contribution in [0, 0.1) is 0 Å². The first-order chi connectivity index (χ1) is 10.9. The van der Waals surface area contributed by atoms with Gasteiger partial charge >= 0.3 is 11.9 Å². The lowest BCUT2D eigenvalue weighted by Crippen LogP contribution is -2.15. The van der Waals surface area contributed by atoms with Crippen LogP contribution in [0.25, 0.3) is 0 Å². The van der Waals surface area contributed by atoms with Crippen LogP contribution in [0.5, 0.6) is 0 Å². The Morgan fingerprint density at radius 3 is 1.65 bits per heavy atom. The van der Waals surface area contributed by atoms with E-state index in [1.54, 1.807) is 48.5 Å². The molecule has 6 heteroatoms. The molecule has 118 valence electrons. The molecule has 0 saturated carbocycles. The average molecular weight is 351 g/mol. The fourth-order valence-corrected chi connectivity index (χ4v) is 2.81. The van der Waals surface area contributed by atoms with Gasteiger partial charge < -0.3 is 10.2 Å². The summed E-state index contributed by atoms with van der Waals surface area (Å²) in [6.07, 6.45) is 0.666. The molecule has 0 aliphatic rings. The summed E-state index contributed by atoms with van der Waals surface area (Å²) in [6, 6.07) is 13.3. The number of halogens is 2. The van der Waals surface area contributed by atoms with Gasteiger partial charge in [-0.2, -0.15) is 0 Å². The summed E-state index contributed by atoms with van der Waals surface area (Å²) in [6.45, 7) is 0. The fourth-order valence-electron chi connectivity index (χ4n) is 2.32. The van der Waals surface area contributed by atoms with Gasteiger partial charge in [0.1, 0.15) is 0 Å². The van der Waals surface area contributed by atoms with Gasteiger partial charge in [-0.05, 0) is 23.3 Å². The summed E-state index contributed by atoms with van der Waals surface area (Å²) in [5.41, 5.74) is 0.619. The molecule has 2 aromatic carbocycles. The van der Waals surface area contributed by atoms with Crippen LogP contribution in [0.3, 0.4) is 0 Å². The standard InChI is InChI=1S/C17H12Cl2O4/c18-13-7-3-1-5-10(13)16(11-6-2-4-8-14(11)19)12(17(22)23)9-15(20)21/h1-9,16H,(H,20,21)(H,22,23)/b12-9+. The number of hydrogen-bond donors (Lipinski definition) is 2. The Bertz CT molecular complexity index is 738. The largest absolute Gasteiger partial charge is 0.478 e. The van der Waals surface area contributed by atoms with Crippen LogP contribution in [0.2, 0.25) is 10.0 Å². The second-order valence-corrected chi connectivity index (χ2v) is 5.53. The second-order valence-electron chi connectivity index (χ2n) is 4.72. The second kappa shape index (κ2) is 7.31. The predicted molar refractivity (Wildman–Crippen MR) is 88.1 cm³/mol. The molecule has 0 radical (unpaired) electrons. The van der Waals surface area contributed by atoms with E-state index in [9.17, 15) is 14.7 Å². The van der Waals surface area contributed by atoms with E-state index in [1.807, 2.05) is 0 Å². The maximum atomic E-state index is 11.6. The average Bonchev–Trinajstić information content (AvgIpc) is 2.49. The third-order valence-corrected chi connectivity index (χ3v) is 3.96. The number of carboxylic acid groups (broad SMARTS) is 2. The summed E-state index contributed by atoms with van der Waals surface area (Å²) < 4.78 is 0. The van der Waals surface area contributed by atoms with Crippen molar-refractivity contribution in [2.75, 3.05) is 0 Å². The minimum Gasteiger partial charge on any atom is -0.478 e. The molecule has 0 bridgehead atoms. The predicted octanol–water partition coefficient (Wildman–Crippen LogP) is 4.22. The van der Waals surface area contributed by atoms with Crippen molar-refractivity contribution in [3.8, 4) is 0 Å². The van der Waals surface area contributed by atoms with Crippen LogP contribution in [0.1, 0.15) is 17.0 Å². The molecule has 0 heterocycles. The molecule has 0 aliphatic heterocycles. The van der Waals surface area contributed by atoms with E-state index in [0.717, 1.165) is 0 Å². The van der Waals surface area contributed by atoms with Gasteiger partial charge in [0.25, 0.3) is 0 Å². The van der Waals surface area contributed by atoms with E-state index in [0.29, 0.717) is 27.2 Å². The first-order valence-corrected chi connectivity index (χ1v) is 7.34. The van der Waals surface area contributed by atoms with Gasteiger partial charge in [0, 0.05) is 22.0 Å². The maximum absolute atomic E-state index is 11.6. The van der Waals surface area contributed by atoms with E-state index in [1.165, 1.54) is 0 Å². The smallest absolute Gasteiger partial charge is 0.332 e. The monoisotopic (exact) mass is 350 g/mol. The SMILES string of the molecule is O=C(O)/C=C(/C(=O)O)C(c1ccccc1Cl)c1ccccc1Cl. The van der Waals surface area contributed by atoms with E-state index < -0.39 is 17.9 Å². The molecule has 4 nitrogen and oxygen atoms in total. The highest BCUT2D eigenvalue weighted by molar-refractivity contribution is 6.32. The molecular formula is C17H12Cl2O4. The number of aliphatic carboxylic acids is 2. The van der Waals surface area contributed by atoms with Crippen LogP contribution < -0.4 is 0 Å². The highest BCUT2D eigenvalue weighted by Crippen LogP contribution is 2.39. The van der Waals surface area contributed by atoms with Gasteiger partial charge in [-0.15, -0.1) is 0 Å². The minimum atomic E-state index is -1.36. The van der Waals surface area contributed by atoms with E-state index >= 15 is 0 Å². The zero-order valence-electron chi connectivity index (χ0n) is 11.7. The molecule has 0 unspecified atom stereocenters. The number of carboxylic acids is 2. The van der Waals surface area contributed by atoms with Crippen molar-refractivity contribution in [2.45, 2.75) is 5.92 Å². The van der Waals surface area contributed by atoms with Crippen LogP contribution in [0.15, 0.2) is 60.2 Å². The third kappa shape index (κ3) is 3.92. The highest BCUT2D eigenvalue weighted by atomic mass is 35.5. The van der Waals surface area contributed by atoms with Crippen LogP contribution >= 0.6 is 23.2 Å². The Hall–Kier alpha value is -2.30. The van der Waals surface area contributed by atoms with Crippen molar-refractivity contribution >= 4 is 35.1 Å². The Balaban J connectivity index is 2.75. The number of carbonyl (C=O) groups is 2. The Kier molecular flexibility index (Phi) is 5.42. The fraction of sp³-hybridized carbons (Fsp3) is 0.0588. The molecule has 0 amide bonds. The van der Waals surface area contributed by atoms with E-state index in [-0.39, 0.29) is 5.57 Å².